The summed E-state index contributed by atoms with van der Waals surface area (Å²) in [7, 11) is 1.56. The van der Waals surface area contributed by atoms with Gasteiger partial charge in [-0.3, -0.25) is 14.5 Å². The number of carbonyl (C=O) groups is 2. The molecule has 648 valence electrons. The summed E-state index contributed by atoms with van der Waals surface area (Å²) in [5, 5.41) is 0. The SMILES string of the molecule is CO[C@H]1O[C@H](CO[C@H]2O[C@H](COCc3ccccc3)[C@@H](OCc3ccccc3)[C@H](OCc3ccccc3)[C@@H]2O[C@@H]2O[C@@H]3CO[C@@H](c4ccccc4)O[C@H]3[C@H](O[C@@H]3O[C@@H](C)[C@@H](OCc4ccccc4)[C@@H](OCc4ccccc4)[C@@H]3OCc3ccccc3)[C@H]2N2C(=O)c3ccccc3C2=O)[C@@H](OCc2ccccc2)[C@H](OCc2ccccc2)[C@@H]1OCc1ccccc1. The van der Waals surface area contributed by atoms with Crippen LogP contribution >= 0.6 is 0 Å². The number of methoxy groups -OCH3 is 1. The van der Waals surface area contributed by atoms with Crippen LogP contribution in [0.25, 0.3) is 0 Å². The molecule has 0 radical (unpaired) electrons. The zero-order valence-corrected chi connectivity index (χ0v) is 69.8. The minimum atomic E-state index is -1.73. The largest absolute Gasteiger partial charge is 0.374 e. The van der Waals surface area contributed by atoms with Crippen LogP contribution in [0.4, 0.5) is 0 Å². The van der Waals surface area contributed by atoms with Gasteiger partial charge in [0.05, 0.1) is 96.5 Å². The molecule has 6 aliphatic rings. The Morgan fingerprint density at radius 3 is 1.04 bits per heavy atom. The van der Waals surface area contributed by atoms with Crippen LogP contribution in [-0.2, 0) is 149 Å². The number of hydrogen-bond donors (Lipinski definition) is 0. The summed E-state index contributed by atoms with van der Waals surface area (Å²) >= 11 is 0. The first kappa shape index (κ1) is 86.9. The number of carbonyl (C=O) groups excluding carboxylic acids is 2. The lowest BCUT2D eigenvalue weighted by atomic mass is 9.92. The van der Waals surface area contributed by atoms with E-state index in [1.54, 1.807) is 31.4 Å². The maximum atomic E-state index is 16.2. The van der Waals surface area contributed by atoms with E-state index >= 15 is 9.59 Å². The quantitative estimate of drug-likeness (QED) is 0.0329. The zero-order chi connectivity index (χ0) is 84.9. The maximum absolute atomic E-state index is 16.2. The Kier molecular flexibility index (Phi) is 30.1. The van der Waals surface area contributed by atoms with E-state index in [4.69, 9.17) is 90.0 Å². The number of hydrogen-bond acceptors (Lipinski definition) is 21. The fraction of sp³-hybridized carbons (Fsp3) is 0.340. The van der Waals surface area contributed by atoms with Gasteiger partial charge in [-0.25, -0.2) is 0 Å². The molecule has 11 aromatic carbocycles. The lowest BCUT2D eigenvalue weighted by Crippen LogP contribution is -2.71. The molecule has 0 N–H and O–H groups in total. The third-order valence-electron chi connectivity index (χ3n) is 23.3. The van der Waals surface area contributed by atoms with Crippen molar-refractivity contribution >= 4 is 11.8 Å². The minimum absolute atomic E-state index is 0.000176. The molecule has 6 heterocycles. The summed E-state index contributed by atoms with van der Waals surface area (Å²) in [5.41, 5.74) is 8.88. The van der Waals surface area contributed by atoms with E-state index in [1.807, 2.05) is 310 Å². The molecule has 0 aromatic heterocycles. The molecule has 22 heteroatoms. The highest BCUT2D eigenvalue weighted by atomic mass is 16.8. The number of fused-ring (bicyclic) bond motifs is 2. The number of amides is 2. The third kappa shape index (κ3) is 21.9. The Balaban J connectivity index is 0.807. The van der Waals surface area contributed by atoms with Gasteiger partial charge >= 0.3 is 0 Å². The molecular weight excluding hydrogens is 1590 g/mol. The van der Waals surface area contributed by atoms with Crippen molar-refractivity contribution in [2.24, 2.45) is 0 Å². The van der Waals surface area contributed by atoms with Crippen molar-refractivity contribution in [1.82, 2.24) is 4.90 Å². The van der Waals surface area contributed by atoms with Gasteiger partial charge in [0.2, 0.25) is 0 Å². The van der Waals surface area contributed by atoms with E-state index < -0.39 is 141 Å². The Morgan fingerprint density at radius 2 is 0.624 bits per heavy atom. The summed E-state index contributed by atoms with van der Waals surface area (Å²) in [6.07, 6.45) is -22.6. The fourth-order valence-corrected chi connectivity index (χ4v) is 17.0. The molecule has 5 fully saturated rings. The van der Waals surface area contributed by atoms with Crippen molar-refractivity contribution in [1.29, 1.82) is 0 Å². The Bertz CT molecular complexity index is 5040. The molecule has 0 saturated carbocycles. The predicted octanol–water partition coefficient (Wildman–Crippen LogP) is 16.0. The minimum Gasteiger partial charge on any atom is -0.374 e. The molecule has 2 amide bonds. The van der Waals surface area contributed by atoms with Crippen molar-refractivity contribution in [2.75, 3.05) is 26.9 Å². The highest BCUT2D eigenvalue weighted by Crippen LogP contribution is 2.45. The van der Waals surface area contributed by atoms with Gasteiger partial charge in [-0.15, -0.1) is 0 Å². The van der Waals surface area contributed by atoms with Crippen LogP contribution in [0.1, 0.15) is 89.6 Å². The molecular formula is C103H105NO21. The fourth-order valence-electron chi connectivity index (χ4n) is 17.0. The van der Waals surface area contributed by atoms with Crippen LogP contribution < -0.4 is 0 Å². The van der Waals surface area contributed by atoms with Gasteiger partial charge in [-0.1, -0.05) is 315 Å². The van der Waals surface area contributed by atoms with Gasteiger partial charge < -0.3 is 90.0 Å². The molecule has 17 rings (SSSR count). The van der Waals surface area contributed by atoms with Crippen LogP contribution in [-0.4, -0.2) is 166 Å². The molecule has 21 atom stereocenters. The van der Waals surface area contributed by atoms with E-state index in [1.165, 1.54) is 0 Å². The number of benzene rings is 11. The van der Waals surface area contributed by atoms with Gasteiger partial charge in [0, 0.05) is 12.7 Å². The van der Waals surface area contributed by atoms with Crippen molar-refractivity contribution in [3.8, 4) is 0 Å². The van der Waals surface area contributed by atoms with Gasteiger partial charge in [0.15, 0.2) is 31.5 Å². The Labute approximate surface area is 729 Å². The first-order valence-corrected chi connectivity index (χ1v) is 42.9. The Morgan fingerprint density at radius 1 is 0.296 bits per heavy atom. The predicted molar refractivity (Wildman–Crippen MR) is 460 cm³/mol. The molecule has 0 spiro atoms. The molecule has 0 unspecified atom stereocenters. The van der Waals surface area contributed by atoms with Crippen LogP contribution in [0.15, 0.2) is 328 Å². The van der Waals surface area contributed by atoms with E-state index in [0.29, 0.717) is 5.56 Å². The van der Waals surface area contributed by atoms with E-state index in [-0.39, 0.29) is 90.4 Å². The topological polar surface area (TPSA) is 213 Å². The van der Waals surface area contributed by atoms with Crippen molar-refractivity contribution < 1.29 is 99.6 Å². The Hall–Kier alpha value is -10.2. The van der Waals surface area contributed by atoms with E-state index in [0.717, 1.165) is 55.0 Å². The second-order valence-electron chi connectivity index (χ2n) is 31.9. The normalized spacial score (nSPS) is 27.9. The number of rotatable bonds is 38. The first-order chi connectivity index (χ1) is 61.7. The van der Waals surface area contributed by atoms with Crippen LogP contribution in [0, 0.1) is 0 Å². The second kappa shape index (κ2) is 43.3. The average molecular weight is 1690 g/mol. The molecule has 22 nitrogen and oxygen atoms in total. The zero-order valence-electron chi connectivity index (χ0n) is 69.8. The van der Waals surface area contributed by atoms with Gasteiger partial charge in [-0.05, 0) is 69.1 Å². The molecule has 11 aromatic rings. The van der Waals surface area contributed by atoms with Gasteiger partial charge in [0.25, 0.3) is 11.8 Å². The molecule has 125 heavy (non-hydrogen) atoms. The van der Waals surface area contributed by atoms with Gasteiger partial charge in [-0.2, -0.15) is 0 Å². The molecule has 0 bridgehead atoms. The number of nitrogens with zero attached hydrogens (tertiary/aromatic N) is 1. The lowest BCUT2D eigenvalue weighted by molar-refractivity contribution is -0.405. The van der Waals surface area contributed by atoms with E-state index in [2.05, 4.69) is 0 Å². The highest BCUT2D eigenvalue weighted by molar-refractivity contribution is 6.21. The van der Waals surface area contributed by atoms with Crippen LogP contribution in [0.5, 0.6) is 0 Å². The van der Waals surface area contributed by atoms with Gasteiger partial charge in [0.1, 0.15) is 91.5 Å². The third-order valence-corrected chi connectivity index (χ3v) is 23.3. The average Bonchev–Trinajstić information content (AvgIpc) is 1.60. The van der Waals surface area contributed by atoms with E-state index in [9.17, 15) is 0 Å². The summed E-state index contributed by atoms with van der Waals surface area (Å²) in [5.74, 6) is -1.33. The standard InChI is InChI=1S/C103H105NO21/c1-69-86(109-58-71-37-15-4-16-38-71)91(112-61-74-43-21-7-22-44-74)95(116-65-78-51-29-11-30-52-78)103(119-69)124-90-85(104-97(105)80-55-33-34-56-81(80)98(104)106)100(120-84-68-117-99(123-89(84)90)79-53-31-12-32-54-79)125-96-93(114-63-76-47-25-9-26-48-76)87(110-59-72-39-17-5-18-40-72)82(66-108-57-70-35-13-3-14-36-70)122-102(96)118-67-83-88(111-60-73-41-19-6-20-42-73)92(113-62-75-45-23-8-24-46-75)94(101(107-2)121-83)115-64-77-49-27-10-28-50-77/h3-56,69,82-96,99-103H,57-68H2,1-2H3/t69-,82+,83+,84+,85+,86+,87+,88+,89+,90+,91+,92-,93-,94-,95-,96-,99+,100-,101-,102-,103-/m0/s1. The monoisotopic (exact) mass is 1690 g/mol. The van der Waals surface area contributed by atoms with Crippen molar-refractivity contribution in [2.45, 2.75) is 195 Å². The number of imide groups is 1. The smallest absolute Gasteiger partial charge is 0.262 e. The van der Waals surface area contributed by atoms with Crippen molar-refractivity contribution in [3.63, 3.8) is 0 Å². The maximum Gasteiger partial charge on any atom is 0.262 e. The highest BCUT2D eigenvalue weighted by Gasteiger charge is 2.62. The molecule has 6 aliphatic heterocycles. The first-order valence-electron chi connectivity index (χ1n) is 42.9. The summed E-state index contributed by atoms with van der Waals surface area (Å²) in [6, 6.07) is 103. The van der Waals surface area contributed by atoms with Crippen molar-refractivity contribution in [3.05, 3.63) is 394 Å². The second-order valence-corrected chi connectivity index (χ2v) is 31.9. The summed E-state index contributed by atoms with van der Waals surface area (Å²) < 4.78 is 138. The summed E-state index contributed by atoms with van der Waals surface area (Å²) in [4.78, 5) is 33.6. The molecule has 5 saturated heterocycles. The number of ether oxygens (including phenoxy) is 19. The lowest BCUT2D eigenvalue weighted by Gasteiger charge is -2.54. The van der Waals surface area contributed by atoms with Crippen LogP contribution in [0.3, 0.4) is 0 Å². The van der Waals surface area contributed by atoms with Crippen LogP contribution in [0.2, 0.25) is 0 Å². The molecule has 0 aliphatic carbocycles. The summed E-state index contributed by atoms with van der Waals surface area (Å²) in [6.45, 7) is 2.55.